The van der Waals surface area contributed by atoms with Crippen molar-refractivity contribution < 1.29 is 14.1 Å². The Morgan fingerprint density at radius 1 is 1.19 bits per heavy atom. The molecule has 2 aromatic carbocycles. The number of non-ortho nitro benzene ring substituents is 1. The number of rotatable bonds is 6. The van der Waals surface area contributed by atoms with E-state index in [1.165, 1.54) is 24.3 Å². The summed E-state index contributed by atoms with van der Waals surface area (Å²) in [5.41, 5.74) is 3.86. The summed E-state index contributed by atoms with van der Waals surface area (Å²) in [5.74, 6) is 5.00. The first-order valence-corrected chi connectivity index (χ1v) is 6.17. The summed E-state index contributed by atoms with van der Waals surface area (Å²) in [6.07, 6.45) is 0. The lowest BCUT2D eigenvalue weighted by Gasteiger charge is -2.10. The van der Waals surface area contributed by atoms with Crippen molar-refractivity contribution in [1.29, 1.82) is 0 Å². The van der Waals surface area contributed by atoms with Gasteiger partial charge in [-0.2, -0.15) is 0 Å². The van der Waals surface area contributed by atoms with Crippen LogP contribution in [0.4, 0.5) is 15.8 Å². The van der Waals surface area contributed by atoms with Gasteiger partial charge in [-0.3, -0.25) is 16.0 Å². The summed E-state index contributed by atoms with van der Waals surface area (Å²) in [5, 5.41) is 10.8. The summed E-state index contributed by atoms with van der Waals surface area (Å²) < 4.78 is 18.8. The highest BCUT2D eigenvalue weighted by atomic mass is 19.1. The number of hydrogen-bond donors (Lipinski definition) is 2. The van der Waals surface area contributed by atoms with Crippen molar-refractivity contribution in [1.82, 2.24) is 0 Å². The molecule has 0 amide bonds. The van der Waals surface area contributed by atoms with Crippen LogP contribution in [0.2, 0.25) is 0 Å². The Morgan fingerprint density at radius 3 is 2.57 bits per heavy atom. The van der Waals surface area contributed by atoms with Gasteiger partial charge >= 0.3 is 0 Å². The van der Waals surface area contributed by atoms with Crippen LogP contribution in [0.1, 0.15) is 11.1 Å². The molecule has 110 valence electrons. The van der Waals surface area contributed by atoms with Crippen molar-refractivity contribution in [2.75, 3.05) is 5.43 Å². The minimum Gasteiger partial charge on any atom is -0.372 e. The van der Waals surface area contributed by atoms with E-state index in [9.17, 15) is 14.5 Å². The minimum absolute atomic E-state index is 0.0570. The van der Waals surface area contributed by atoms with Gasteiger partial charge < -0.3 is 10.2 Å². The number of nitrogens with two attached hydrogens (primary N) is 1. The van der Waals surface area contributed by atoms with Crippen LogP contribution in [0, 0.1) is 15.9 Å². The Balaban J connectivity index is 2.07. The highest BCUT2D eigenvalue weighted by molar-refractivity contribution is 5.55. The second kappa shape index (κ2) is 6.78. The first kappa shape index (κ1) is 14.9. The van der Waals surface area contributed by atoms with Gasteiger partial charge in [-0.05, 0) is 12.1 Å². The Kier molecular flexibility index (Phi) is 4.81. The zero-order valence-electron chi connectivity index (χ0n) is 11.1. The largest absolute Gasteiger partial charge is 0.372 e. The van der Waals surface area contributed by atoms with E-state index in [1.807, 2.05) is 0 Å². The maximum Gasteiger partial charge on any atom is 0.269 e. The third-order valence-corrected chi connectivity index (χ3v) is 2.93. The van der Waals surface area contributed by atoms with Crippen molar-refractivity contribution >= 4 is 11.4 Å². The average Bonchev–Trinajstić information content (AvgIpc) is 2.49. The molecule has 0 aliphatic rings. The Morgan fingerprint density at radius 2 is 1.90 bits per heavy atom. The number of benzene rings is 2. The molecular formula is C14H14FN3O3. The lowest BCUT2D eigenvalue weighted by molar-refractivity contribution is -0.384. The van der Waals surface area contributed by atoms with Crippen molar-refractivity contribution in [2.24, 2.45) is 5.84 Å². The minimum atomic E-state index is -0.499. The standard InChI is InChI=1S/C14H14FN3O3/c15-13-4-2-1-3-10(13)8-21-9-11-7-12(18(19)20)5-6-14(11)17-16/h1-7,17H,8-9,16H2. The van der Waals surface area contributed by atoms with Crippen LogP contribution >= 0.6 is 0 Å². The number of hydrogen-bond acceptors (Lipinski definition) is 5. The number of halogens is 1. The first-order valence-electron chi connectivity index (χ1n) is 6.17. The van der Waals surface area contributed by atoms with E-state index in [0.29, 0.717) is 16.8 Å². The second-order valence-electron chi connectivity index (χ2n) is 4.33. The Bertz CT molecular complexity index is 649. The number of nitrogen functional groups attached to an aromatic ring is 1. The van der Waals surface area contributed by atoms with Crippen molar-refractivity contribution in [2.45, 2.75) is 13.2 Å². The molecule has 0 radical (unpaired) electrons. The van der Waals surface area contributed by atoms with Crippen LogP contribution in [0.25, 0.3) is 0 Å². The molecule has 3 N–H and O–H groups in total. The number of nitrogens with zero attached hydrogens (tertiary/aromatic N) is 1. The van der Waals surface area contributed by atoms with E-state index < -0.39 is 4.92 Å². The van der Waals surface area contributed by atoms with Gasteiger partial charge in [0, 0.05) is 23.3 Å². The molecular weight excluding hydrogens is 277 g/mol. The van der Waals surface area contributed by atoms with E-state index in [1.54, 1.807) is 18.2 Å². The number of nitro groups is 1. The highest BCUT2D eigenvalue weighted by Gasteiger charge is 2.11. The molecule has 0 bridgehead atoms. The van der Waals surface area contributed by atoms with Crippen LogP contribution in [-0.2, 0) is 18.0 Å². The number of anilines is 1. The van der Waals surface area contributed by atoms with Gasteiger partial charge in [0.2, 0.25) is 0 Å². The number of ether oxygens (including phenoxy) is 1. The molecule has 0 atom stereocenters. The predicted octanol–water partition coefficient (Wildman–Crippen LogP) is 2.74. The molecule has 0 saturated heterocycles. The quantitative estimate of drug-likeness (QED) is 0.485. The van der Waals surface area contributed by atoms with Crippen molar-refractivity contribution in [3.8, 4) is 0 Å². The molecule has 0 fully saturated rings. The summed E-state index contributed by atoms with van der Waals surface area (Å²) in [6, 6.07) is 10.5. The average molecular weight is 291 g/mol. The van der Waals surface area contributed by atoms with Crippen LogP contribution in [0.3, 0.4) is 0 Å². The van der Waals surface area contributed by atoms with Crippen LogP contribution in [-0.4, -0.2) is 4.92 Å². The molecule has 7 heteroatoms. The zero-order valence-corrected chi connectivity index (χ0v) is 11.1. The number of hydrazine groups is 1. The molecule has 0 aliphatic carbocycles. The van der Waals surface area contributed by atoms with E-state index >= 15 is 0 Å². The smallest absolute Gasteiger partial charge is 0.269 e. The summed E-state index contributed by atoms with van der Waals surface area (Å²) in [6.45, 7) is 0.148. The van der Waals surface area contributed by atoms with E-state index in [-0.39, 0.29) is 24.7 Å². The highest BCUT2D eigenvalue weighted by Crippen LogP contribution is 2.22. The molecule has 0 unspecified atom stereocenters. The van der Waals surface area contributed by atoms with Crippen LogP contribution < -0.4 is 11.3 Å². The Hall–Kier alpha value is -2.51. The molecule has 0 spiro atoms. The molecule has 0 aromatic heterocycles. The van der Waals surface area contributed by atoms with E-state index in [0.717, 1.165) is 0 Å². The molecule has 0 saturated carbocycles. The van der Waals surface area contributed by atoms with Crippen molar-refractivity contribution in [3.63, 3.8) is 0 Å². The fourth-order valence-corrected chi connectivity index (χ4v) is 1.84. The third kappa shape index (κ3) is 3.74. The Labute approximate surface area is 120 Å². The van der Waals surface area contributed by atoms with Gasteiger partial charge in [0.05, 0.1) is 23.8 Å². The fraction of sp³-hybridized carbons (Fsp3) is 0.143. The fourth-order valence-electron chi connectivity index (χ4n) is 1.84. The van der Waals surface area contributed by atoms with Gasteiger partial charge in [-0.1, -0.05) is 18.2 Å². The SMILES string of the molecule is NNc1ccc([N+](=O)[O-])cc1COCc1ccccc1F. The van der Waals surface area contributed by atoms with Gasteiger partial charge in [-0.15, -0.1) is 0 Å². The van der Waals surface area contributed by atoms with Gasteiger partial charge in [0.25, 0.3) is 5.69 Å². The first-order chi connectivity index (χ1) is 10.1. The monoisotopic (exact) mass is 291 g/mol. The zero-order chi connectivity index (χ0) is 15.2. The lowest BCUT2D eigenvalue weighted by Crippen LogP contribution is -2.10. The molecule has 6 nitrogen and oxygen atoms in total. The lowest BCUT2D eigenvalue weighted by atomic mass is 10.1. The molecule has 0 heterocycles. The molecule has 2 aromatic rings. The molecule has 2 rings (SSSR count). The number of nitrogens with one attached hydrogen (secondary N) is 1. The van der Waals surface area contributed by atoms with E-state index in [4.69, 9.17) is 10.6 Å². The van der Waals surface area contributed by atoms with Crippen LogP contribution in [0.15, 0.2) is 42.5 Å². The van der Waals surface area contributed by atoms with Crippen LogP contribution in [0.5, 0.6) is 0 Å². The van der Waals surface area contributed by atoms with E-state index in [2.05, 4.69) is 5.43 Å². The third-order valence-electron chi connectivity index (χ3n) is 2.93. The summed E-state index contributed by atoms with van der Waals surface area (Å²) in [7, 11) is 0. The van der Waals surface area contributed by atoms with Crippen molar-refractivity contribution in [3.05, 3.63) is 69.5 Å². The summed E-state index contributed by atoms with van der Waals surface area (Å²) >= 11 is 0. The molecule has 0 aliphatic heterocycles. The van der Waals surface area contributed by atoms with Gasteiger partial charge in [0.1, 0.15) is 5.82 Å². The topological polar surface area (TPSA) is 90.4 Å². The van der Waals surface area contributed by atoms with Gasteiger partial charge in [-0.25, -0.2) is 4.39 Å². The number of nitro benzene ring substituents is 1. The molecule has 21 heavy (non-hydrogen) atoms. The van der Waals surface area contributed by atoms with Gasteiger partial charge in [0.15, 0.2) is 0 Å². The second-order valence-corrected chi connectivity index (χ2v) is 4.33. The normalized spacial score (nSPS) is 10.4. The maximum atomic E-state index is 13.4. The maximum absolute atomic E-state index is 13.4. The summed E-state index contributed by atoms with van der Waals surface area (Å²) in [4.78, 5) is 10.3. The predicted molar refractivity (Wildman–Crippen MR) is 75.8 cm³/mol.